The van der Waals surface area contributed by atoms with Gasteiger partial charge in [0.1, 0.15) is 11.2 Å². The molecule has 2 aromatic rings. The number of hydrogen-bond donors (Lipinski definition) is 1. The van der Waals surface area contributed by atoms with Crippen molar-refractivity contribution in [1.82, 2.24) is 9.47 Å². The minimum Gasteiger partial charge on any atom is -0.444 e. The largest absolute Gasteiger partial charge is 0.444 e. The molecule has 0 radical (unpaired) electrons. The van der Waals surface area contributed by atoms with Crippen LogP contribution in [0.2, 0.25) is 0 Å². The van der Waals surface area contributed by atoms with Crippen LogP contribution >= 0.6 is 0 Å². The number of likely N-dealkylation sites (tertiary alicyclic amines) is 1. The fourth-order valence-electron chi connectivity index (χ4n) is 4.55. The molecule has 1 aromatic carbocycles. The summed E-state index contributed by atoms with van der Waals surface area (Å²) in [5, 5.41) is 3.57. The number of anilines is 1. The maximum absolute atomic E-state index is 12.8. The Labute approximate surface area is 225 Å². The van der Waals surface area contributed by atoms with Crippen LogP contribution in [0.1, 0.15) is 74.3 Å². The summed E-state index contributed by atoms with van der Waals surface area (Å²) in [6, 6.07) is 5.79. The van der Waals surface area contributed by atoms with E-state index in [-0.39, 0.29) is 17.9 Å². The summed E-state index contributed by atoms with van der Waals surface area (Å²) in [4.78, 5) is 38.8. The minimum absolute atomic E-state index is 0.201. The Morgan fingerprint density at radius 2 is 1.61 bits per heavy atom. The SMILES string of the molecule is CC(=O)Nc1cn(C(=O)OC(C)(C)C)c2ccc(CCOC(C)(C)C3CCN(C(=O)OC(C)(C)C)C3)cc12. The van der Waals surface area contributed by atoms with E-state index in [0.29, 0.717) is 37.3 Å². The first kappa shape index (κ1) is 29.5. The number of aromatic nitrogens is 1. The van der Waals surface area contributed by atoms with Crippen molar-refractivity contribution in [3.63, 3.8) is 0 Å². The van der Waals surface area contributed by atoms with Gasteiger partial charge in [-0.1, -0.05) is 6.07 Å². The number of amides is 2. The Balaban J connectivity index is 1.68. The van der Waals surface area contributed by atoms with Gasteiger partial charge in [0.15, 0.2) is 0 Å². The second-order valence-corrected chi connectivity index (χ2v) is 12.5. The van der Waals surface area contributed by atoms with Crippen molar-refractivity contribution in [3.8, 4) is 0 Å². The molecule has 1 N–H and O–H groups in total. The zero-order chi connectivity index (χ0) is 28.5. The Kier molecular flexibility index (Phi) is 8.51. The van der Waals surface area contributed by atoms with Crippen LogP contribution in [-0.2, 0) is 25.4 Å². The second kappa shape index (κ2) is 11.0. The van der Waals surface area contributed by atoms with Gasteiger partial charge in [-0.3, -0.25) is 9.36 Å². The second-order valence-electron chi connectivity index (χ2n) is 12.5. The summed E-state index contributed by atoms with van der Waals surface area (Å²) in [5.74, 6) is -0.0209. The lowest BCUT2D eigenvalue weighted by Gasteiger charge is -2.32. The first-order chi connectivity index (χ1) is 17.4. The van der Waals surface area contributed by atoms with E-state index in [9.17, 15) is 14.4 Å². The Morgan fingerprint density at radius 3 is 2.21 bits per heavy atom. The van der Waals surface area contributed by atoms with Crippen molar-refractivity contribution in [3.05, 3.63) is 30.0 Å². The third kappa shape index (κ3) is 7.72. The van der Waals surface area contributed by atoms with Crippen LogP contribution in [-0.4, -0.2) is 64.1 Å². The lowest BCUT2D eigenvalue weighted by Crippen LogP contribution is -2.39. The monoisotopic (exact) mass is 529 g/mol. The maximum atomic E-state index is 12.8. The molecule has 1 saturated heterocycles. The van der Waals surface area contributed by atoms with E-state index in [2.05, 4.69) is 19.2 Å². The van der Waals surface area contributed by atoms with Crippen LogP contribution in [0, 0.1) is 5.92 Å². The van der Waals surface area contributed by atoms with Crippen LogP contribution in [0.4, 0.5) is 15.3 Å². The average Bonchev–Trinajstić information content (AvgIpc) is 3.37. The molecular weight excluding hydrogens is 486 g/mol. The standard InChI is InChI=1S/C29H43N3O6/c1-19(33)30-23-18-32(26(35)38-28(5,6)7)24-11-10-20(16-22(23)24)13-15-36-29(8,9)21-12-14-31(17-21)25(34)37-27(2,3)4/h10-11,16,18,21H,12-15,17H2,1-9H3,(H,30,33). The van der Waals surface area contributed by atoms with Crippen molar-refractivity contribution in [2.24, 2.45) is 5.92 Å². The van der Waals surface area contributed by atoms with Gasteiger partial charge in [-0.15, -0.1) is 0 Å². The molecule has 1 atom stereocenters. The third-order valence-corrected chi connectivity index (χ3v) is 6.46. The number of benzene rings is 1. The van der Waals surface area contributed by atoms with Gasteiger partial charge in [-0.05, 0) is 85.9 Å². The number of nitrogens with zero attached hydrogens (tertiary/aromatic N) is 2. The number of nitrogens with one attached hydrogen (secondary N) is 1. The maximum Gasteiger partial charge on any atom is 0.419 e. The van der Waals surface area contributed by atoms with Gasteiger partial charge >= 0.3 is 12.2 Å². The summed E-state index contributed by atoms with van der Waals surface area (Å²) in [5.41, 5.74) is 0.646. The average molecular weight is 530 g/mol. The van der Waals surface area contributed by atoms with Crippen molar-refractivity contribution in [1.29, 1.82) is 0 Å². The molecule has 210 valence electrons. The molecular formula is C29H43N3O6. The normalized spacial score (nSPS) is 16.6. The van der Waals surface area contributed by atoms with E-state index in [4.69, 9.17) is 14.2 Å². The van der Waals surface area contributed by atoms with E-state index < -0.39 is 22.9 Å². The first-order valence-corrected chi connectivity index (χ1v) is 13.2. The predicted octanol–water partition coefficient (Wildman–Crippen LogP) is 5.98. The van der Waals surface area contributed by atoms with Gasteiger partial charge in [0, 0.05) is 37.5 Å². The van der Waals surface area contributed by atoms with Crippen LogP contribution in [0.15, 0.2) is 24.4 Å². The van der Waals surface area contributed by atoms with Crippen molar-refractivity contribution in [2.45, 2.75) is 92.0 Å². The third-order valence-electron chi connectivity index (χ3n) is 6.46. The molecule has 3 rings (SSSR count). The molecule has 0 bridgehead atoms. The highest BCUT2D eigenvalue weighted by molar-refractivity contribution is 6.04. The summed E-state index contributed by atoms with van der Waals surface area (Å²) in [6.45, 7) is 18.4. The molecule has 2 amide bonds. The number of rotatable bonds is 6. The number of ether oxygens (including phenoxy) is 3. The molecule has 0 spiro atoms. The van der Waals surface area contributed by atoms with E-state index in [0.717, 1.165) is 17.4 Å². The van der Waals surface area contributed by atoms with E-state index in [1.54, 1.807) is 11.1 Å². The summed E-state index contributed by atoms with van der Waals surface area (Å²) >= 11 is 0. The van der Waals surface area contributed by atoms with E-state index in [1.165, 1.54) is 11.5 Å². The van der Waals surface area contributed by atoms with Crippen molar-refractivity contribution >= 4 is 34.7 Å². The Bertz CT molecular complexity index is 1190. The molecule has 2 heterocycles. The van der Waals surface area contributed by atoms with E-state index >= 15 is 0 Å². The fraction of sp³-hybridized carbons (Fsp3) is 0.621. The smallest absolute Gasteiger partial charge is 0.419 e. The molecule has 38 heavy (non-hydrogen) atoms. The molecule has 9 heteroatoms. The van der Waals surface area contributed by atoms with Crippen molar-refractivity contribution in [2.75, 3.05) is 25.0 Å². The van der Waals surface area contributed by atoms with Crippen LogP contribution in [0.5, 0.6) is 0 Å². The highest BCUT2D eigenvalue weighted by Crippen LogP contribution is 2.32. The Hall–Kier alpha value is -3.07. The van der Waals surface area contributed by atoms with E-state index in [1.807, 2.05) is 59.7 Å². The molecule has 1 aliphatic rings. The molecule has 1 fully saturated rings. The topological polar surface area (TPSA) is 99.1 Å². The highest BCUT2D eigenvalue weighted by Gasteiger charge is 2.38. The number of carbonyl (C=O) groups is 3. The fourth-order valence-corrected chi connectivity index (χ4v) is 4.55. The lowest BCUT2D eigenvalue weighted by molar-refractivity contribution is -0.114. The summed E-state index contributed by atoms with van der Waals surface area (Å²) < 4.78 is 18.8. The molecule has 1 aromatic heterocycles. The Morgan fingerprint density at radius 1 is 0.974 bits per heavy atom. The molecule has 0 saturated carbocycles. The van der Waals surface area contributed by atoms with Gasteiger partial charge < -0.3 is 24.4 Å². The van der Waals surface area contributed by atoms with Gasteiger partial charge in [0.2, 0.25) is 5.91 Å². The van der Waals surface area contributed by atoms with Gasteiger partial charge in [-0.2, -0.15) is 0 Å². The zero-order valence-electron chi connectivity index (χ0n) is 24.3. The number of fused-ring (bicyclic) bond motifs is 1. The van der Waals surface area contributed by atoms with Gasteiger partial charge in [0.25, 0.3) is 0 Å². The molecule has 0 aliphatic carbocycles. The number of carbonyl (C=O) groups excluding carboxylic acids is 3. The summed E-state index contributed by atoms with van der Waals surface area (Å²) in [6.07, 6.45) is 2.32. The van der Waals surface area contributed by atoms with Gasteiger partial charge in [0.05, 0.1) is 23.4 Å². The number of hydrogen-bond acceptors (Lipinski definition) is 6. The highest BCUT2D eigenvalue weighted by atomic mass is 16.6. The van der Waals surface area contributed by atoms with Crippen LogP contribution in [0.3, 0.4) is 0 Å². The quantitative estimate of drug-likeness (QED) is 0.494. The van der Waals surface area contributed by atoms with Crippen molar-refractivity contribution < 1.29 is 28.6 Å². The summed E-state index contributed by atoms with van der Waals surface area (Å²) in [7, 11) is 0. The molecule has 1 aliphatic heterocycles. The molecule has 9 nitrogen and oxygen atoms in total. The van der Waals surface area contributed by atoms with Gasteiger partial charge in [-0.25, -0.2) is 9.59 Å². The predicted molar refractivity (Wildman–Crippen MR) is 148 cm³/mol. The minimum atomic E-state index is -0.644. The van der Waals surface area contributed by atoms with Crippen LogP contribution < -0.4 is 5.32 Å². The lowest BCUT2D eigenvalue weighted by atomic mass is 9.90. The first-order valence-electron chi connectivity index (χ1n) is 13.2. The van der Waals surface area contributed by atoms with Crippen LogP contribution in [0.25, 0.3) is 10.9 Å². The zero-order valence-corrected chi connectivity index (χ0v) is 24.3. The molecule has 1 unspecified atom stereocenters.